The molecule has 8 nitrogen and oxygen atoms in total. The highest BCUT2D eigenvalue weighted by atomic mass is 16.5. The molecule has 0 unspecified atom stereocenters. The van der Waals surface area contributed by atoms with E-state index in [0.29, 0.717) is 12.4 Å². The Balaban J connectivity index is 1.80. The molecule has 2 N–H and O–H groups in total. The molecule has 8 heteroatoms. The van der Waals surface area contributed by atoms with Gasteiger partial charge in [-0.3, -0.25) is 10.1 Å². The maximum Gasteiger partial charge on any atom is 0.342 e. The van der Waals surface area contributed by atoms with Crippen LogP contribution in [0.3, 0.4) is 0 Å². The Bertz CT molecular complexity index is 841. The maximum absolute atomic E-state index is 12.3. The first kappa shape index (κ1) is 22.7. The van der Waals surface area contributed by atoms with Crippen LogP contribution in [-0.2, 0) is 9.53 Å². The summed E-state index contributed by atoms with van der Waals surface area (Å²) in [6.07, 6.45) is 0.726. The summed E-state index contributed by atoms with van der Waals surface area (Å²) >= 11 is 0. The Morgan fingerprint density at radius 1 is 0.933 bits per heavy atom. The van der Waals surface area contributed by atoms with E-state index >= 15 is 0 Å². The lowest BCUT2D eigenvalue weighted by Gasteiger charge is -2.13. The minimum Gasteiger partial charge on any atom is -0.490 e. The van der Waals surface area contributed by atoms with Crippen molar-refractivity contribution in [3.63, 3.8) is 0 Å². The van der Waals surface area contributed by atoms with Crippen molar-refractivity contribution in [3.05, 3.63) is 60.2 Å². The molecular formula is C22H26N2O6. The average Bonchev–Trinajstić information content (AvgIpc) is 2.75. The molecule has 0 aliphatic carbocycles. The fraction of sp³-hybridized carbons (Fsp3) is 0.318. The molecule has 0 saturated heterocycles. The first-order chi connectivity index (χ1) is 14.5. The SMILES string of the molecule is CC[C@@H](C)NC(=O)NC(=O)COC(=O)c1ccccc1OCCOc1ccccc1. The predicted octanol–water partition coefficient (Wildman–Crippen LogP) is 2.93. The standard InChI is InChI=1S/C22H26N2O6/c1-3-16(2)23-22(27)24-20(25)15-30-21(26)18-11-7-8-12-19(18)29-14-13-28-17-9-5-4-6-10-17/h4-12,16H,3,13-15H2,1-2H3,(H2,23,24,25,27)/t16-/m1/s1. The van der Waals surface area contributed by atoms with Crippen LogP contribution < -0.4 is 20.1 Å². The number of rotatable bonds is 10. The van der Waals surface area contributed by atoms with E-state index in [1.165, 1.54) is 6.07 Å². The molecular weight excluding hydrogens is 388 g/mol. The van der Waals surface area contributed by atoms with E-state index in [9.17, 15) is 14.4 Å². The number of esters is 1. The number of para-hydroxylation sites is 2. The Hall–Kier alpha value is -3.55. The van der Waals surface area contributed by atoms with Crippen LogP contribution in [0.25, 0.3) is 0 Å². The Kier molecular flexibility index (Phi) is 9.18. The van der Waals surface area contributed by atoms with E-state index in [-0.39, 0.29) is 18.2 Å². The van der Waals surface area contributed by atoms with Crippen LogP contribution in [0.4, 0.5) is 4.79 Å². The number of hydrogen-bond acceptors (Lipinski definition) is 6. The van der Waals surface area contributed by atoms with Gasteiger partial charge >= 0.3 is 12.0 Å². The molecule has 0 spiro atoms. The van der Waals surface area contributed by atoms with Crippen LogP contribution in [0.1, 0.15) is 30.6 Å². The minimum atomic E-state index is -0.730. The van der Waals surface area contributed by atoms with Gasteiger partial charge in [-0.05, 0) is 37.6 Å². The second-order valence-electron chi connectivity index (χ2n) is 6.41. The van der Waals surface area contributed by atoms with Gasteiger partial charge in [0.2, 0.25) is 0 Å². The van der Waals surface area contributed by atoms with Gasteiger partial charge < -0.3 is 19.5 Å². The maximum atomic E-state index is 12.3. The summed E-state index contributed by atoms with van der Waals surface area (Å²) in [6.45, 7) is 3.64. The third-order valence-corrected chi connectivity index (χ3v) is 4.04. The van der Waals surface area contributed by atoms with Crippen molar-refractivity contribution in [2.45, 2.75) is 26.3 Å². The molecule has 2 aromatic rings. The fourth-order valence-corrected chi connectivity index (χ4v) is 2.32. The lowest BCUT2D eigenvalue weighted by molar-refractivity contribution is -0.123. The third-order valence-electron chi connectivity index (χ3n) is 4.04. The largest absolute Gasteiger partial charge is 0.490 e. The van der Waals surface area contributed by atoms with Gasteiger partial charge in [0.25, 0.3) is 5.91 Å². The minimum absolute atomic E-state index is 0.0738. The van der Waals surface area contributed by atoms with Gasteiger partial charge in [0.1, 0.15) is 30.3 Å². The summed E-state index contributed by atoms with van der Waals surface area (Å²) in [5, 5.41) is 4.70. The van der Waals surface area contributed by atoms with Gasteiger partial charge in [0, 0.05) is 6.04 Å². The van der Waals surface area contributed by atoms with Gasteiger partial charge in [0.05, 0.1) is 0 Å². The molecule has 30 heavy (non-hydrogen) atoms. The Morgan fingerprint density at radius 3 is 2.33 bits per heavy atom. The molecule has 0 aliphatic heterocycles. The van der Waals surface area contributed by atoms with Gasteiger partial charge in [0.15, 0.2) is 6.61 Å². The summed E-state index contributed by atoms with van der Waals surface area (Å²) in [5.74, 6) is -0.419. The van der Waals surface area contributed by atoms with E-state index in [2.05, 4.69) is 10.6 Å². The number of ether oxygens (including phenoxy) is 3. The molecule has 0 heterocycles. The van der Waals surface area contributed by atoms with Crippen LogP contribution >= 0.6 is 0 Å². The lowest BCUT2D eigenvalue weighted by atomic mass is 10.2. The van der Waals surface area contributed by atoms with Crippen LogP contribution in [0, 0.1) is 0 Å². The molecule has 160 valence electrons. The first-order valence-corrected chi connectivity index (χ1v) is 9.66. The number of carbonyl (C=O) groups excluding carboxylic acids is 3. The van der Waals surface area contributed by atoms with Crippen molar-refractivity contribution in [2.24, 2.45) is 0 Å². The number of amides is 3. The molecule has 2 rings (SSSR count). The summed E-state index contributed by atoms with van der Waals surface area (Å²) in [4.78, 5) is 35.7. The fourth-order valence-electron chi connectivity index (χ4n) is 2.32. The topological polar surface area (TPSA) is 103 Å². The van der Waals surface area contributed by atoms with Crippen molar-refractivity contribution >= 4 is 17.9 Å². The van der Waals surface area contributed by atoms with E-state index < -0.39 is 24.5 Å². The van der Waals surface area contributed by atoms with E-state index in [0.717, 1.165) is 12.2 Å². The number of benzene rings is 2. The summed E-state index contributed by atoms with van der Waals surface area (Å²) in [5.41, 5.74) is 0.175. The number of hydrogen-bond donors (Lipinski definition) is 2. The lowest BCUT2D eigenvalue weighted by Crippen LogP contribution is -2.44. The number of imide groups is 1. The monoisotopic (exact) mass is 414 g/mol. The predicted molar refractivity (Wildman–Crippen MR) is 111 cm³/mol. The number of nitrogens with one attached hydrogen (secondary N) is 2. The third kappa shape index (κ3) is 7.83. The van der Waals surface area contributed by atoms with Crippen LogP contribution in [-0.4, -0.2) is 43.8 Å². The Labute approximate surface area is 175 Å². The van der Waals surface area contributed by atoms with Crippen molar-refractivity contribution < 1.29 is 28.6 Å². The van der Waals surface area contributed by atoms with Crippen LogP contribution in [0.2, 0.25) is 0 Å². The van der Waals surface area contributed by atoms with Crippen molar-refractivity contribution in [1.82, 2.24) is 10.6 Å². The second kappa shape index (κ2) is 12.1. The zero-order valence-electron chi connectivity index (χ0n) is 17.1. The molecule has 0 radical (unpaired) electrons. The summed E-state index contributed by atoms with van der Waals surface area (Å²) in [6, 6.07) is 15.1. The number of carbonyl (C=O) groups is 3. The molecule has 0 bridgehead atoms. The molecule has 0 fully saturated rings. The zero-order valence-corrected chi connectivity index (χ0v) is 17.1. The van der Waals surface area contributed by atoms with Gasteiger partial charge in [-0.25, -0.2) is 9.59 Å². The quantitative estimate of drug-likeness (QED) is 0.458. The molecule has 2 aromatic carbocycles. The van der Waals surface area contributed by atoms with Crippen molar-refractivity contribution in [2.75, 3.05) is 19.8 Å². The highest BCUT2D eigenvalue weighted by Crippen LogP contribution is 2.19. The van der Waals surface area contributed by atoms with Gasteiger partial charge in [-0.15, -0.1) is 0 Å². The van der Waals surface area contributed by atoms with Gasteiger partial charge in [-0.2, -0.15) is 0 Å². The van der Waals surface area contributed by atoms with E-state index in [1.807, 2.05) is 44.2 Å². The van der Waals surface area contributed by atoms with E-state index in [4.69, 9.17) is 14.2 Å². The van der Waals surface area contributed by atoms with Crippen molar-refractivity contribution in [1.29, 1.82) is 0 Å². The zero-order chi connectivity index (χ0) is 21.8. The summed E-state index contributed by atoms with van der Waals surface area (Å²) in [7, 11) is 0. The number of urea groups is 1. The van der Waals surface area contributed by atoms with Crippen LogP contribution in [0.5, 0.6) is 11.5 Å². The first-order valence-electron chi connectivity index (χ1n) is 9.66. The Morgan fingerprint density at radius 2 is 1.60 bits per heavy atom. The average molecular weight is 414 g/mol. The van der Waals surface area contributed by atoms with Crippen molar-refractivity contribution in [3.8, 4) is 11.5 Å². The molecule has 3 amide bonds. The normalized spacial score (nSPS) is 11.1. The highest BCUT2D eigenvalue weighted by molar-refractivity contribution is 5.97. The molecule has 1 atom stereocenters. The molecule has 0 aliphatic rings. The highest BCUT2D eigenvalue weighted by Gasteiger charge is 2.16. The van der Waals surface area contributed by atoms with Gasteiger partial charge in [-0.1, -0.05) is 37.3 Å². The van der Waals surface area contributed by atoms with E-state index in [1.54, 1.807) is 18.2 Å². The molecule has 0 aromatic heterocycles. The second-order valence-corrected chi connectivity index (χ2v) is 6.41. The molecule has 0 saturated carbocycles. The summed E-state index contributed by atoms with van der Waals surface area (Å²) < 4.78 is 16.2. The smallest absolute Gasteiger partial charge is 0.342 e. The van der Waals surface area contributed by atoms with Crippen LogP contribution in [0.15, 0.2) is 54.6 Å².